The minimum atomic E-state index is 0.168. The Balaban J connectivity index is 1.58. The fraction of sp³-hybridized carbons (Fsp3) is 0.632. The average molecular weight is 336 g/mol. The van der Waals surface area contributed by atoms with Gasteiger partial charge in [-0.2, -0.15) is 0 Å². The number of amides is 1. The van der Waals surface area contributed by atoms with E-state index in [1.165, 1.54) is 18.4 Å². The van der Waals surface area contributed by atoms with Crippen LogP contribution in [0.1, 0.15) is 43.7 Å². The third kappa shape index (κ3) is 6.46. The van der Waals surface area contributed by atoms with Gasteiger partial charge < -0.3 is 10.1 Å². The summed E-state index contributed by atoms with van der Waals surface area (Å²) in [5.41, 5.74) is 2.37. The highest BCUT2D eigenvalue weighted by molar-refractivity contribution is 7.99. The second kappa shape index (κ2) is 9.21. The van der Waals surface area contributed by atoms with Gasteiger partial charge >= 0.3 is 0 Å². The molecule has 23 heavy (non-hydrogen) atoms. The number of ether oxygens (including phenoxy) is 1. The quantitative estimate of drug-likeness (QED) is 0.762. The van der Waals surface area contributed by atoms with E-state index in [0.717, 1.165) is 35.8 Å². The molecule has 4 heteroatoms. The highest BCUT2D eigenvalue weighted by atomic mass is 32.2. The molecular formula is C19H29NO2S. The summed E-state index contributed by atoms with van der Waals surface area (Å²) >= 11 is 1.64. The standard InChI is InChI=1S/C19H29NO2S/c1-14-5-8-17(9-6-14)20-19(21)13-23-11-10-22-18-12-15(2)4-7-16(18)3/h4,7,12,14,17H,5-6,8-11,13H2,1-3H3,(H,20,21). The molecule has 3 nitrogen and oxygen atoms in total. The van der Waals surface area contributed by atoms with Crippen LogP contribution in [-0.4, -0.2) is 30.1 Å². The first-order valence-electron chi connectivity index (χ1n) is 8.61. The van der Waals surface area contributed by atoms with Crippen molar-refractivity contribution in [2.75, 3.05) is 18.1 Å². The van der Waals surface area contributed by atoms with Gasteiger partial charge in [0.25, 0.3) is 0 Å². The van der Waals surface area contributed by atoms with Crippen molar-refractivity contribution in [3.05, 3.63) is 29.3 Å². The van der Waals surface area contributed by atoms with Crippen LogP contribution in [0.25, 0.3) is 0 Å². The van der Waals surface area contributed by atoms with Crippen molar-refractivity contribution in [1.82, 2.24) is 5.32 Å². The maximum absolute atomic E-state index is 12.0. The van der Waals surface area contributed by atoms with Crippen LogP contribution in [0, 0.1) is 19.8 Å². The Kier molecular flexibility index (Phi) is 7.28. The Hall–Kier alpha value is -1.16. The van der Waals surface area contributed by atoms with Crippen molar-refractivity contribution in [2.45, 2.75) is 52.5 Å². The normalized spacial score (nSPS) is 21.0. The molecule has 0 atom stereocenters. The maximum atomic E-state index is 12.0. The van der Waals surface area contributed by atoms with Gasteiger partial charge in [0.05, 0.1) is 12.4 Å². The third-order valence-corrected chi connectivity index (χ3v) is 5.36. The van der Waals surface area contributed by atoms with Gasteiger partial charge in [-0.3, -0.25) is 4.79 Å². The van der Waals surface area contributed by atoms with E-state index in [4.69, 9.17) is 4.74 Å². The molecular weight excluding hydrogens is 306 g/mol. The van der Waals surface area contributed by atoms with Gasteiger partial charge in [0.15, 0.2) is 0 Å². The van der Waals surface area contributed by atoms with Gasteiger partial charge in [0, 0.05) is 11.8 Å². The summed E-state index contributed by atoms with van der Waals surface area (Å²) in [6.45, 7) is 7.06. The van der Waals surface area contributed by atoms with Gasteiger partial charge in [-0.15, -0.1) is 11.8 Å². The number of carbonyl (C=O) groups excluding carboxylic acids is 1. The minimum absolute atomic E-state index is 0.168. The predicted octanol–water partition coefficient (Wildman–Crippen LogP) is 4.11. The fourth-order valence-corrected chi connectivity index (χ4v) is 3.53. The molecule has 1 N–H and O–H groups in total. The molecule has 0 aromatic heterocycles. The van der Waals surface area contributed by atoms with E-state index in [2.05, 4.69) is 44.3 Å². The van der Waals surface area contributed by atoms with Crippen LogP contribution in [0.3, 0.4) is 0 Å². The number of thioether (sulfide) groups is 1. The van der Waals surface area contributed by atoms with Gasteiger partial charge in [0.1, 0.15) is 5.75 Å². The van der Waals surface area contributed by atoms with Crippen LogP contribution < -0.4 is 10.1 Å². The molecule has 0 radical (unpaired) electrons. The zero-order chi connectivity index (χ0) is 16.7. The number of benzene rings is 1. The molecule has 0 spiro atoms. The Morgan fingerprint density at radius 2 is 2.00 bits per heavy atom. The second-order valence-corrected chi connectivity index (χ2v) is 7.80. The molecule has 0 saturated heterocycles. The lowest BCUT2D eigenvalue weighted by Crippen LogP contribution is -2.38. The van der Waals surface area contributed by atoms with Crippen LogP contribution in [-0.2, 0) is 4.79 Å². The lowest BCUT2D eigenvalue weighted by atomic mass is 9.87. The van der Waals surface area contributed by atoms with Crippen LogP contribution in [0.15, 0.2) is 18.2 Å². The van der Waals surface area contributed by atoms with Crippen molar-refractivity contribution >= 4 is 17.7 Å². The van der Waals surface area contributed by atoms with E-state index in [9.17, 15) is 4.79 Å². The average Bonchev–Trinajstić information content (AvgIpc) is 2.52. The van der Waals surface area contributed by atoms with Crippen molar-refractivity contribution in [2.24, 2.45) is 5.92 Å². The van der Waals surface area contributed by atoms with E-state index in [0.29, 0.717) is 18.4 Å². The fourth-order valence-electron chi connectivity index (χ4n) is 2.91. The SMILES string of the molecule is Cc1ccc(C)c(OCCSCC(=O)NC2CCC(C)CC2)c1. The molecule has 0 bridgehead atoms. The topological polar surface area (TPSA) is 38.3 Å². The summed E-state index contributed by atoms with van der Waals surface area (Å²) in [6.07, 6.45) is 4.74. The van der Waals surface area contributed by atoms with Gasteiger partial charge in [-0.25, -0.2) is 0 Å². The van der Waals surface area contributed by atoms with Crippen molar-refractivity contribution < 1.29 is 9.53 Å². The Bertz CT molecular complexity index is 510. The lowest BCUT2D eigenvalue weighted by Gasteiger charge is -2.26. The molecule has 1 saturated carbocycles. The summed E-state index contributed by atoms with van der Waals surface area (Å²) in [6, 6.07) is 6.63. The van der Waals surface area contributed by atoms with E-state index in [-0.39, 0.29) is 5.91 Å². The predicted molar refractivity (Wildman–Crippen MR) is 98.3 cm³/mol. The zero-order valence-corrected chi connectivity index (χ0v) is 15.4. The third-order valence-electron chi connectivity index (χ3n) is 4.44. The van der Waals surface area contributed by atoms with Crippen molar-refractivity contribution in [3.8, 4) is 5.75 Å². The highest BCUT2D eigenvalue weighted by Crippen LogP contribution is 2.23. The largest absolute Gasteiger partial charge is 0.492 e. The lowest BCUT2D eigenvalue weighted by molar-refractivity contribution is -0.119. The first-order chi connectivity index (χ1) is 11.0. The Morgan fingerprint density at radius 3 is 2.74 bits per heavy atom. The number of hydrogen-bond donors (Lipinski definition) is 1. The van der Waals surface area contributed by atoms with Crippen LogP contribution in [0.2, 0.25) is 0 Å². The number of rotatable bonds is 7. The number of carbonyl (C=O) groups is 1. The molecule has 0 heterocycles. The van der Waals surface area contributed by atoms with Crippen molar-refractivity contribution in [3.63, 3.8) is 0 Å². The Labute approximate surface area is 144 Å². The summed E-state index contributed by atoms with van der Waals surface area (Å²) < 4.78 is 5.81. The monoisotopic (exact) mass is 335 g/mol. The molecule has 2 rings (SSSR count). The highest BCUT2D eigenvalue weighted by Gasteiger charge is 2.19. The molecule has 1 aromatic rings. The molecule has 1 fully saturated rings. The van der Waals surface area contributed by atoms with Gasteiger partial charge in [0.2, 0.25) is 5.91 Å². The molecule has 1 amide bonds. The smallest absolute Gasteiger partial charge is 0.230 e. The Morgan fingerprint density at radius 1 is 1.26 bits per heavy atom. The van der Waals surface area contributed by atoms with E-state index >= 15 is 0 Å². The van der Waals surface area contributed by atoms with Gasteiger partial charge in [-0.05, 0) is 62.6 Å². The minimum Gasteiger partial charge on any atom is -0.492 e. The van der Waals surface area contributed by atoms with E-state index < -0.39 is 0 Å². The van der Waals surface area contributed by atoms with Crippen LogP contribution in [0.5, 0.6) is 5.75 Å². The van der Waals surface area contributed by atoms with Gasteiger partial charge in [-0.1, -0.05) is 19.1 Å². The zero-order valence-electron chi connectivity index (χ0n) is 14.6. The molecule has 1 aromatic carbocycles. The summed E-state index contributed by atoms with van der Waals surface area (Å²) in [4.78, 5) is 12.0. The molecule has 0 unspecified atom stereocenters. The maximum Gasteiger partial charge on any atom is 0.230 e. The van der Waals surface area contributed by atoms with Crippen molar-refractivity contribution in [1.29, 1.82) is 0 Å². The molecule has 0 aliphatic heterocycles. The summed E-state index contributed by atoms with van der Waals surface area (Å²) in [5.74, 6) is 3.30. The number of aryl methyl sites for hydroxylation is 2. The molecule has 1 aliphatic carbocycles. The van der Waals surface area contributed by atoms with Crippen LogP contribution in [0.4, 0.5) is 0 Å². The first kappa shape index (κ1) is 18.2. The number of hydrogen-bond acceptors (Lipinski definition) is 3. The van der Waals surface area contributed by atoms with E-state index in [1.54, 1.807) is 11.8 Å². The number of nitrogens with one attached hydrogen (secondary N) is 1. The second-order valence-electron chi connectivity index (χ2n) is 6.69. The molecule has 128 valence electrons. The van der Waals surface area contributed by atoms with Crippen LogP contribution >= 0.6 is 11.8 Å². The summed E-state index contributed by atoms with van der Waals surface area (Å²) in [5, 5.41) is 3.16. The molecule has 1 aliphatic rings. The summed E-state index contributed by atoms with van der Waals surface area (Å²) in [7, 11) is 0. The van der Waals surface area contributed by atoms with E-state index in [1.807, 2.05) is 0 Å². The first-order valence-corrected chi connectivity index (χ1v) is 9.77.